The summed E-state index contributed by atoms with van der Waals surface area (Å²) < 4.78 is 0. The highest BCUT2D eigenvalue weighted by Gasteiger charge is 2.07. The fourth-order valence-electron chi connectivity index (χ4n) is 2.57. The Morgan fingerprint density at radius 2 is 1.81 bits per heavy atom. The molecule has 0 aliphatic rings. The summed E-state index contributed by atoms with van der Waals surface area (Å²) in [5, 5.41) is 6.88. The van der Waals surface area contributed by atoms with E-state index in [1.807, 2.05) is 18.2 Å². The molecule has 0 saturated carbocycles. The molecule has 3 aromatic rings. The van der Waals surface area contributed by atoms with Crippen molar-refractivity contribution in [3.63, 3.8) is 0 Å². The Kier molecular flexibility index (Phi) is 5.87. The summed E-state index contributed by atoms with van der Waals surface area (Å²) in [7, 11) is 0. The van der Waals surface area contributed by atoms with Crippen LogP contribution in [0.2, 0.25) is 5.02 Å². The lowest BCUT2D eigenvalue weighted by atomic mass is 10.1. The lowest BCUT2D eigenvalue weighted by molar-refractivity contribution is 0.0950. The van der Waals surface area contributed by atoms with Gasteiger partial charge in [-0.25, -0.2) is 0 Å². The van der Waals surface area contributed by atoms with Gasteiger partial charge in [0.25, 0.3) is 5.91 Å². The number of carbonyl (C=O) groups is 1. The summed E-state index contributed by atoms with van der Waals surface area (Å²) in [6.45, 7) is 3.19. The number of nitrogens with zero attached hydrogens (tertiary/aromatic N) is 1. The quantitative estimate of drug-likeness (QED) is 0.672. The van der Waals surface area contributed by atoms with Gasteiger partial charge in [-0.1, -0.05) is 53.6 Å². The van der Waals surface area contributed by atoms with E-state index in [9.17, 15) is 4.79 Å². The first-order chi connectivity index (χ1) is 12.6. The van der Waals surface area contributed by atoms with E-state index >= 15 is 0 Å². The molecule has 0 spiro atoms. The van der Waals surface area contributed by atoms with Crippen LogP contribution in [0.1, 0.15) is 27.0 Å². The number of rotatable bonds is 6. The number of hydrogen-bond acceptors (Lipinski definition) is 3. The monoisotopic (exact) mass is 365 g/mol. The van der Waals surface area contributed by atoms with Crippen LogP contribution in [-0.4, -0.2) is 10.9 Å². The maximum atomic E-state index is 12.4. The number of hydrogen-bond donors (Lipinski definition) is 2. The third-order valence-corrected chi connectivity index (χ3v) is 4.20. The molecule has 3 rings (SSSR count). The van der Waals surface area contributed by atoms with Crippen LogP contribution in [0.25, 0.3) is 0 Å². The van der Waals surface area contributed by atoms with Crippen molar-refractivity contribution >= 4 is 23.2 Å². The minimum atomic E-state index is -0.161. The molecule has 0 aliphatic heterocycles. The van der Waals surface area contributed by atoms with Gasteiger partial charge in [-0.3, -0.25) is 9.78 Å². The summed E-state index contributed by atoms with van der Waals surface area (Å²) in [6, 6.07) is 17.5. The first kappa shape index (κ1) is 18.0. The highest BCUT2D eigenvalue weighted by Crippen LogP contribution is 2.12. The Morgan fingerprint density at radius 3 is 2.58 bits per heavy atom. The van der Waals surface area contributed by atoms with E-state index in [2.05, 4.69) is 40.7 Å². The Bertz CT molecular complexity index is 894. The molecular formula is C21H20ClN3O. The van der Waals surface area contributed by atoms with Gasteiger partial charge in [0.2, 0.25) is 0 Å². The standard InChI is InChI=1S/C21H20ClN3O/c1-15-3-2-4-17(9-15)12-24-20-10-18(13-23-14-20)21(26)25-11-16-5-7-19(22)8-6-16/h2-10,13-14,24H,11-12H2,1H3,(H,25,26). The number of benzene rings is 2. The zero-order chi connectivity index (χ0) is 18.4. The first-order valence-electron chi connectivity index (χ1n) is 8.37. The van der Waals surface area contributed by atoms with Crippen molar-refractivity contribution in [2.45, 2.75) is 20.0 Å². The van der Waals surface area contributed by atoms with E-state index in [1.165, 1.54) is 11.1 Å². The molecule has 2 aromatic carbocycles. The number of aromatic nitrogens is 1. The molecule has 0 fully saturated rings. The second-order valence-electron chi connectivity index (χ2n) is 6.11. The van der Waals surface area contributed by atoms with E-state index in [0.29, 0.717) is 23.7 Å². The van der Waals surface area contributed by atoms with Crippen LogP contribution in [0, 0.1) is 6.92 Å². The predicted molar refractivity (Wildman–Crippen MR) is 105 cm³/mol. The van der Waals surface area contributed by atoms with Gasteiger partial charge < -0.3 is 10.6 Å². The van der Waals surface area contributed by atoms with E-state index in [4.69, 9.17) is 11.6 Å². The molecule has 0 saturated heterocycles. The first-order valence-corrected chi connectivity index (χ1v) is 8.75. The second kappa shape index (κ2) is 8.50. The van der Waals surface area contributed by atoms with Gasteiger partial charge in [-0.05, 0) is 36.2 Å². The highest BCUT2D eigenvalue weighted by molar-refractivity contribution is 6.30. The van der Waals surface area contributed by atoms with Crippen LogP contribution in [0.5, 0.6) is 0 Å². The van der Waals surface area contributed by atoms with Crippen LogP contribution in [0.15, 0.2) is 67.0 Å². The molecule has 1 amide bonds. The van der Waals surface area contributed by atoms with Crippen molar-refractivity contribution in [3.8, 4) is 0 Å². The molecule has 132 valence electrons. The van der Waals surface area contributed by atoms with Gasteiger partial charge in [0.1, 0.15) is 0 Å². The van der Waals surface area contributed by atoms with Crippen LogP contribution >= 0.6 is 11.6 Å². The summed E-state index contributed by atoms with van der Waals surface area (Å²) in [4.78, 5) is 16.5. The van der Waals surface area contributed by atoms with Crippen molar-refractivity contribution < 1.29 is 4.79 Å². The van der Waals surface area contributed by atoms with Gasteiger partial charge in [-0.2, -0.15) is 0 Å². The number of pyridine rings is 1. The molecule has 0 atom stereocenters. The molecule has 1 aromatic heterocycles. The van der Waals surface area contributed by atoms with Crippen LogP contribution < -0.4 is 10.6 Å². The van der Waals surface area contributed by atoms with Crippen molar-refractivity contribution in [1.29, 1.82) is 0 Å². The van der Waals surface area contributed by atoms with Crippen molar-refractivity contribution in [1.82, 2.24) is 10.3 Å². The van der Waals surface area contributed by atoms with E-state index in [0.717, 1.165) is 11.3 Å². The molecule has 26 heavy (non-hydrogen) atoms. The summed E-state index contributed by atoms with van der Waals surface area (Å²) in [5.74, 6) is -0.161. The van der Waals surface area contributed by atoms with Crippen LogP contribution in [0.3, 0.4) is 0 Å². The van der Waals surface area contributed by atoms with Crippen LogP contribution in [-0.2, 0) is 13.1 Å². The SMILES string of the molecule is Cc1cccc(CNc2cncc(C(=O)NCc3ccc(Cl)cc3)c2)c1. The molecule has 0 bridgehead atoms. The Hall–Kier alpha value is -2.85. The largest absolute Gasteiger partial charge is 0.380 e. The minimum absolute atomic E-state index is 0.161. The number of anilines is 1. The second-order valence-corrected chi connectivity index (χ2v) is 6.55. The molecule has 5 heteroatoms. The normalized spacial score (nSPS) is 10.4. The molecule has 1 heterocycles. The minimum Gasteiger partial charge on any atom is -0.380 e. The lowest BCUT2D eigenvalue weighted by Gasteiger charge is -2.09. The molecule has 0 radical (unpaired) electrons. The summed E-state index contributed by atoms with van der Waals surface area (Å²) in [6.07, 6.45) is 3.28. The molecule has 0 unspecified atom stereocenters. The number of aryl methyl sites for hydroxylation is 1. The van der Waals surface area contributed by atoms with Gasteiger partial charge in [0.15, 0.2) is 0 Å². The van der Waals surface area contributed by atoms with Crippen LogP contribution in [0.4, 0.5) is 5.69 Å². The topological polar surface area (TPSA) is 54.0 Å². The van der Waals surface area contributed by atoms with E-state index in [-0.39, 0.29) is 5.91 Å². The third-order valence-electron chi connectivity index (χ3n) is 3.95. The average Bonchev–Trinajstić information content (AvgIpc) is 2.66. The Morgan fingerprint density at radius 1 is 1.00 bits per heavy atom. The summed E-state index contributed by atoms with van der Waals surface area (Å²) in [5.41, 5.74) is 4.73. The zero-order valence-corrected chi connectivity index (χ0v) is 15.3. The number of amides is 1. The molecule has 0 aliphatic carbocycles. The van der Waals surface area contributed by atoms with E-state index < -0.39 is 0 Å². The molecular weight excluding hydrogens is 346 g/mol. The fourth-order valence-corrected chi connectivity index (χ4v) is 2.70. The highest BCUT2D eigenvalue weighted by atomic mass is 35.5. The number of nitrogens with one attached hydrogen (secondary N) is 2. The van der Waals surface area contributed by atoms with Gasteiger partial charge >= 0.3 is 0 Å². The average molecular weight is 366 g/mol. The lowest BCUT2D eigenvalue weighted by Crippen LogP contribution is -2.23. The molecule has 2 N–H and O–H groups in total. The van der Waals surface area contributed by atoms with E-state index in [1.54, 1.807) is 30.6 Å². The number of halogens is 1. The predicted octanol–water partition coefficient (Wildman–Crippen LogP) is 4.59. The van der Waals surface area contributed by atoms with Crippen molar-refractivity contribution in [3.05, 3.63) is 94.3 Å². The summed E-state index contributed by atoms with van der Waals surface area (Å²) >= 11 is 5.87. The van der Waals surface area contributed by atoms with Crippen molar-refractivity contribution in [2.75, 3.05) is 5.32 Å². The maximum Gasteiger partial charge on any atom is 0.253 e. The maximum absolute atomic E-state index is 12.4. The van der Waals surface area contributed by atoms with Gasteiger partial charge in [0.05, 0.1) is 11.3 Å². The van der Waals surface area contributed by atoms with Gasteiger partial charge in [0, 0.05) is 30.5 Å². The fraction of sp³-hybridized carbons (Fsp3) is 0.143. The third kappa shape index (κ3) is 5.07. The van der Waals surface area contributed by atoms with Gasteiger partial charge in [-0.15, -0.1) is 0 Å². The smallest absolute Gasteiger partial charge is 0.253 e. The Balaban J connectivity index is 1.59. The Labute approximate surface area is 158 Å². The molecule has 4 nitrogen and oxygen atoms in total. The zero-order valence-electron chi connectivity index (χ0n) is 14.5. The van der Waals surface area contributed by atoms with Crippen molar-refractivity contribution in [2.24, 2.45) is 0 Å². The number of carbonyl (C=O) groups excluding carboxylic acids is 1.